The summed E-state index contributed by atoms with van der Waals surface area (Å²) < 4.78 is 13.5. The van der Waals surface area contributed by atoms with Gasteiger partial charge in [0.15, 0.2) is 0 Å². The second-order valence-electron chi connectivity index (χ2n) is 2.96. The molecule has 0 saturated carbocycles. The molecule has 1 atom stereocenters. The summed E-state index contributed by atoms with van der Waals surface area (Å²) in [5.41, 5.74) is 0.486. The van der Waals surface area contributed by atoms with Gasteiger partial charge in [0.1, 0.15) is 5.82 Å². The van der Waals surface area contributed by atoms with Gasteiger partial charge in [0.05, 0.1) is 5.92 Å². The molecule has 76 valence electrons. The van der Waals surface area contributed by atoms with E-state index < -0.39 is 17.7 Å². The molecule has 0 radical (unpaired) electrons. The lowest BCUT2D eigenvalue weighted by Gasteiger charge is -2.11. The Kier molecular flexibility index (Phi) is 3.63. The third kappa shape index (κ3) is 2.32. The van der Waals surface area contributed by atoms with Gasteiger partial charge in [-0.1, -0.05) is 22.9 Å². The first-order chi connectivity index (χ1) is 6.56. The first-order valence-corrected chi connectivity index (χ1v) is 5.03. The molecular weight excluding hydrogens is 251 g/mol. The quantitative estimate of drug-likeness (QED) is 0.907. The van der Waals surface area contributed by atoms with E-state index in [1.165, 1.54) is 18.2 Å². The average Bonchev–Trinajstić information content (AvgIpc) is 2.11. The number of halogens is 2. The molecule has 1 rings (SSSR count). The lowest BCUT2D eigenvalue weighted by Crippen LogP contribution is -2.11. The summed E-state index contributed by atoms with van der Waals surface area (Å²) in [5.74, 6) is -2.00. The fourth-order valence-electron chi connectivity index (χ4n) is 1.31. The predicted molar refractivity (Wildman–Crippen MR) is 54.8 cm³/mol. The minimum Gasteiger partial charge on any atom is -0.481 e. The van der Waals surface area contributed by atoms with Gasteiger partial charge in [-0.3, -0.25) is 4.79 Å². The Balaban J connectivity index is 3.15. The molecule has 0 spiro atoms. The summed E-state index contributed by atoms with van der Waals surface area (Å²) in [6.07, 6.45) is 0.442. The first-order valence-electron chi connectivity index (χ1n) is 4.24. The topological polar surface area (TPSA) is 37.3 Å². The monoisotopic (exact) mass is 260 g/mol. The van der Waals surface area contributed by atoms with Gasteiger partial charge in [-0.25, -0.2) is 4.39 Å². The van der Waals surface area contributed by atoms with Crippen LogP contribution in [0.2, 0.25) is 0 Å². The van der Waals surface area contributed by atoms with Crippen molar-refractivity contribution in [1.82, 2.24) is 0 Å². The summed E-state index contributed by atoms with van der Waals surface area (Å²) in [6.45, 7) is 1.76. The maximum Gasteiger partial charge on any atom is 0.311 e. The highest BCUT2D eigenvalue weighted by molar-refractivity contribution is 9.10. The summed E-state index contributed by atoms with van der Waals surface area (Å²) in [5, 5.41) is 8.90. The molecule has 0 aliphatic rings. The molecule has 0 aliphatic heterocycles. The molecule has 0 aromatic heterocycles. The van der Waals surface area contributed by atoms with Gasteiger partial charge in [0, 0.05) is 4.47 Å². The smallest absolute Gasteiger partial charge is 0.311 e. The summed E-state index contributed by atoms with van der Waals surface area (Å²) >= 11 is 3.21. The lowest BCUT2D eigenvalue weighted by molar-refractivity contribution is -0.138. The predicted octanol–water partition coefficient (Wildman–Crippen LogP) is 3.17. The normalized spacial score (nSPS) is 12.5. The molecule has 0 saturated heterocycles. The van der Waals surface area contributed by atoms with Crippen LogP contribution < -0.4 is 0 Å². The van der Waals surface area contributed by atoms with Crippen molar-refractivity contribution in [2.45, 2.75) is 19.3 Å². The minimum atomic E-state index is -0.932. The molecule has 0 aliphatic carbocycles. The molecule has 0 amide bonds. The van der Waals surface area contributed by atoms with Crippen LogP contribution >= 0.6 is 15.9 Å². The number of hydrogen-bond donors (Lipinski definition) is 1. The Labute approximate surface area is 89.9 Å². The Morgan fingerprint density at radius 2 is 2.29 bits per heavy atom. The third-order valence-corrected chi connectivity index (χ3v) is 2.76. The van der Waals surface area contributed by atoms with Gasteiger partial charge in [0.2, 0.25) is 0 Å². The van der Waals surface area contributed by atoms with Crippen molar-refractivity contribution in [3.8, 4) is 0 Å². The highest BCUT2D eigenvalue weighted by atomic mass is 79.9. The molecule has 1 N–H and O–H groups in total. The standard InChI is InChI=1S/C10H10BrFO2/c1-2-7(10(13)14)8-5-6(12)3-4-9(8)11/h3-5,7H,2H2,1H3,(H,13,14). The van der Waals surface area contributed by atoms with Crippen LogP contribution in [0.4, 0.5) is 4.39 Å². The summed E-state index contributed by atoms with van der Waals surface area (Å²) in [7, 11) is 0. The Morgan fingerprint density at radius 1 is 1.64 bits per heavy atom. The van der Waals surface area contributed by atoms with Gasteiger partial charge in [-0.15, -0.1) is 0 Å². The van der Waals surface area contributed by atoms with E-state index in [1.54, 1.807) is 6.92 Å². The van der Waals surface area contributed by atoms with E-state index in [0.29, 0.717) is 16.5 Å². The van der Waals surface area contributed by atoms with Crippen LogP contribution in [0.3, 0.4) is 0 Å². The molecule has 1 unspecified atom stereocenters. The van der Waals surface area contributed by atoms with E-state index in [-0.39, 0.29) is 0 Å². The van der Waals surface area contributed by atoms with Crippen LogP contribution in [0.1, 0.15) is 24.8 Å². The molecule has 0 bridgehead atoms. The number of benzene rings is 1. The Morgan fingerprint density at radius 3 is 2.79 bits per heavy atom. The SMILES string of the molecule is CCC(C(=O)O)c1cc(F)ccc1Br. The van der Waals surface area contributed by atoms with E-state index in [2.05, 4.69) is 15.9 Å². The number of carboxylic acid groups (broad SMARTS) is 1. The zero-order valence-electron chi connectivity index (χ0n) is 7.63. The van der Waals surface area contributed by atoms with Crippen LogP contribution in [0.25, 0.3) is 0 Å². The van der Waals surface area contributed by atoms with Gasteiger partial charge >= 0.3 is 5.97 Å². The van der Waals surface area contributed by atoms with Gasteiger partial charge < -0.3 is 5.11 Å². The number of aliphatic carboxylic acids is 1. The largest absolute Gasteiger partial charge is 0.481 e. The zero-order valence-corrected chi connectivity index (χ0v) is 9.21. The van der Waals surface area contributed by atoms with Crippen molar-refractivity contribution in [2.24, 2.45) is 0 Å². The van der Waals surface area contributed by atoms with E-state index >= 15 is 0 Å². The van der Waals surface area contributed by atoms with Gasteiger partial charge in [0.25, 0.3) is 0 Å². The van der Waals surface area contributed by atoms with Crippen LogP contribution in [-0.2, 0) is 4.79 Å². The third-order valence-electron chi connectivity index (χ3n) is 2.04. The van der Waals surface area contributed by atoms with Crippen LogP contribution in [0.5, 0.6) is 0 Å². The van der Waals surface area contributed by atoms with Crippen molar-refractivity contribution >= 4 is 21.9 Å². The minimum absolute atomic E-state index is 0.414. The fourth-order valence-corrected chi connectivity index (χ4v) is 1.83. The molecule has 14 heavy (non-hydrogen) atoms. The molecule has 0 fully saturated rings. The molecular formula is C10H10BrFO2. The van der Waals surface area contributed by atoms with Crippen molar-refractivity contribution in [3.63, 3.8) is 0 Å². The second kappa shape index (κ2) is 4.55. The molecule has 1 aromatic rings. The van der Waals surface area contributed by atoms with Crippen LogP contribution in [0, 0.1) is 5.82 Å². The van der Waals surface area contributed by atoms with Crippen LogP contribution in [0.15, 0.2) is 22.7 Å². The molecule has 2 nitrogen and oxygen atoms in total. The molecule has 4 heteroatoms. The highest BCUT2D eigenvalue weighted by Crippen LogP contribution is 2.28. The van der Waals surface area contributed by atoms with Crippen molar-refractivity contribution in [2.75, 3.05) is 0 Å². The van der Waals surface area contributed by atoms with E-state index in [1.807, 2.05) is 0 Å². The second-order valence-corrected chi connectivity index (χ2v) is 3.82. The maximum atomic E-state index is 12.9. The zero-order chi connectivity index (χ0) is 10.7. The summed E-state index contributed by atoms with van der Waals surface area (Å²) in [6, 6.07) is 4.07. The number of carboxylic acids is 1. The summed E-state index contributed by atoms with van der Waals surface area (Å²) in [4.78, 5) is 10.9. The highest BCUT2D eigenvalue weighted by Gasteiger charge is 2.20. The first kappa shape index (κ1) is 11.2. The molecule has 1 aromatic carbocycles. The average molecular weight is 261 g/mol. The van der Waals surface area contributed by atoms with E-state index in [0.717, 1.165) is 0 Å². The fraction of sp³-hybridized carbons (Fsp3) is 0.300. The Bertz CT molecular complexity index is 352. The van der Waals surface area contributed by atoms with Crippen molar-refractivity contribution < 1.29 is 14.3 Å². The number of rotatable bonds is 3. The lowest BCUT2D eigenvalue weighted by atomic mass is 9.97. The maximum absolute atomic E-state index is 12.9. The Hall–Kier alpha value is -0.900. The van der Waals surface area contributed by atoms with Crippen molar-refractivity contribution in [1.29, 1.82) is 0 Å². The van der Waals surface area contributed by atoms with Gasteiger partial charge in [-0.2, -0.15) is 0 Å². The molecule has 0 heterocycles. The van der Waals surface area contributed by atoms with E-state index in [4.69, 9.17) is 5.11 Å². The van der Waals surface area contributed by atoms with E-state index in [9.17, 15) is 9.18 Å². The van der Waals surface area contributed by atoms with Crippen LogP contribution in [-0.4, -0.2) is 11.1 Å². The van der Waals surface area contributed by atoms with Crippen molar-refractivity contribution in [3.05, 3.63) is 34.1 Å². The number of hydrogen-bond acceptors (Lipinski definition) is 1. The number of carbonyl (C=O) groups is 1. The van der Waals surface area contributed by atoms with Gasteiger partial charge in [-0.05, 0) is 30.2 Å².